The van der Waals surface area contributed by atoms with Crippen molar-refractivity contribution >= 4 is 6.34 Å². The highest BCUT2D eigenvalue weighted by Gasteiger charge is 1.51. The Hall–Kier alpha value is -0.930. The zero-order valence-electron chi connectivity index (χ0n) is 3.47. The number of nitrogens with zero attached hydrogens (tertiary/aromatic N) is 2. The summed E-state index contributed by atoms with van der Waals surface area (Å²) in [4.78, 5) is 0. The van der Waals surface area contributed by atoms with Crippen LogP contribution in [0.25, 0.3) is 0 Å². The van der Waals surface area contributed by atoms with Crippen molar-refractivity contribution in [2.75, 3.05) is 7.05 Å². The highest BCUT2D eigenvalue weighted by atomic mass is 15.3. The lowest BCUT2D eigenvalue weighted by Gasteiger charge is -1.75. The van der Waals surface area contributed by atoms with Crippen LogP contribution in [0.15, 0.2) is 10.2 Å². The highest BCUT2D eigenvalue weighted by molar-refractivity contribution is 5.53. The number of hydrazone groups is 1. The van der Waals surface area contributed by atoms with Crippen molar-refractivity contribution in [3.63, 3.8) is 0 Å². The standard InChI is InChI=1S/C2H6N4/c1-4-6-2-5-3/h2-4H,1H3. The molecule has 34 valence electrons. The molecule has 4 nitrogen and oxygen atoms in total. The molecule has 0 atom stereocenters. The summed E-state index contributed by atoms with van der Waals surface area (Å²) in [7, 11) is 1.64. The Kier molecular flexibility index (Phi) is 3.44. The van der Waals surface area contributed by atoms with E-state index in [2.05, 4.69) is 15.6 Å². The molecule has 6 heavy (non-hydrogen) atoms. The Morgan fingerprint density at radius 2 is 2.50 bits per heavy atom. The molecule has 0 heterocycles. The van der Waals surface area contributed by atoms with Crippen molar-refractivity contribution < 1.29 is 0 Å². The molecule has 0 unspecified atom stereocenters. The van der Waals surface area contributed by atoms with Crippen molar-refractivity contribution in [3.05, 3.63) is 0 Å². The van der Waals surface area contributed by atoms with E-state index in [0.29, 0.717) is 0 Å². The lowest BCUT2D eigenvalue weighted by molar-refractivity contribution is 0.901. The minimum absolute atomic E-state index is 1.11. The van der Waals surface area contributed by atoms with Crippen LogP contribution in [0.1, 0.15) is 0 Å². The van der Waals surface area contributed by atoms with Crippen LogP contribution in [-0.2, 0) is 0 Å². The summed E-state index contributed by atoms with van der Waals surface area (Å²) in [5.74, 6) is 0. The molecule has 0 radical (unpaired) electrons. The Balaban J connectivity index is 2.94. The van der Waals surface area contributed by atoms with Crippen molar-refractivity contribution in [3.8, 4) is 0 Å². The van der Waals surface area contributed by atoms with Crippen molar-refractivity contribution in [2.45, 2.75) is 0 Å². The van der Waals surface area contributed by atoms with E-state index in [-0.39, 0.29) is 0 Å². The first-order valence-electron chi connectivity index (χ1n) is 1.46. The normalized spacial score (nSPS) is 8.83. The van der Waals surface area contributed by atoms with Gasteiger partial charge < -0.3 is 5.43 Å². The summed E-state index contributed by atoms with van der Waals surface area (Å²) >= 11 is 0. The van der Waals surface area contributed by atoms with Crippen molar-refractivity contribution in [1.82, 2.24) is 5.43 Å². The molecule has 0 bridgehead atoms. The predicted molar refractivity (Wildman–Crippen MR) is 22.7 cm³/mol. The van der Waals surface area contributed by atoms with Crippen LogP contribution in [0.4, 0.5) is 0 Å². The van der Waals surface area contributed by atoms with Crippen LogP contribution in [0.3, 0.4) is 0 Å². The quantitative estimate of drug-likeness (QED) is 0.214. The summed E-state index contributed by atoms with van der Waals surface area (Å²) in [5.41, 5.74) is 8.57. The van der Waals surface area contributed by atoms with Gasteiger partial charge in [-0.2, -0.15) is 5.10 Å². The summed E-state index contributed by atoms with van der Waals surface area (Å²) in [6.07, 6.45) is 1.11. The van der Waals surface area contributed by atoms with E-state index in [4.69, 9.17) is 5.53 Å². The van der Waals surface area contributed by atoms with Gasteiger partial charge in [-0.1, -0.05) is 0 Å². The molecule has 0 spiro atoms. The van der Waals surface area contributed by atoms with Gasteiger partial charge >= 0.3 is 0 Å². The van der Waals surface area contributed by atoms with Gasteiger partial charge in [-0.05, 0) is 0 Å². The van der Waals surface area contributed by atoms with E-state index in [1.165, 1.54) is 0 Å². The van der Waals surface area contributed by atoms with Crippen LogP contribution in [-0.4, -0.2) is 13.4 Å². The molecular weight excluding hydrogens is 80.1 g/mol. The van der Waals surface area contributed by atoms with Gasteiger partial charge in [-0.3, -0.25) is 0 Å². The fourth-order valence-electron chi connectivity index (χ4n) is 0.0866. The first-order valence-corrected chi connectivity index (χ1v) is 1.46. The number of hydrogen-bond acceptors (Lipinski definition) is 3. The Morgan fingerprint density at radius 1 is 1.83 bits per heavy atom. The SMILES string of the molecule is CNN=CN=N. The lowest BCUT2D eigenvalue weighted by Crippen LogP contribution is -1.91. The third-order valence-electron chi connectivity index (χ3n) is 0.245. The fraction of sp³-hybridized carbons (Fsp3) is 0.500. The van der Waals surface area contributed by atoms with Crippen LogP contribution >= 0.6 is 0 Å². The maximum Gasteiger partial charge on any atom is 0.157 e. The molecule has 0 saturated carbocycles. The molecule has 0 aliphatic carbocycles. The van der Waals surface area contributed by atoms with Crippen molar-refractivity contribution in [1.29, 1.82) is 5.53 Å². The largest absolute Gasteiger partial charge is 0.312 e. The number of hydrogen-bond donors (Lipinski definition) is 2. The van der Waals surface area contributed by atoms with E-state index in [1.807, 2.05) is 0 Å². The molecule has 0 saturated heterocycles. The summed E-state index contributed by atoms with van der Waals surface area (Å²) in [5, 5.41) is 6.18. The molecule has 0 aromatic heterocycles. The third kappa shape index (κ3) is 3.07. The molecule has 0 aliphatic rings. The van der Waals surface area contributed by atoms with Crippen molar-refractivity contribution in [2.24, 2.45) is 10.2 Å². The second-order valence-corrected chi connectivity index (χ2v) is 0.597. The lowest BCUT2D eigenvalue weighted by atomic mass is 11.3. The van der Waals surface area contributed by atoms with Gasteiger partial charge in [-0.25, -0.2) is 5.53 Å². The van der Waals surface area contributed by atoms with Crippen LogP contribution in [0.5, 0.6) is 0 Å². The maximum absolute atomic E-state index is 6.14. The van der Waals surface area contributed by atoms with Gasteiger partial charge in [0.25, 0.3) is 0 Å². The molecular formula is C2H6N4. The summed E-state index contributed by atoms with van der Waals surface area (Å²) in [6, 6.07) is 0. The number of nitrogens with one attached hydrogen (secondary N) is 2. The molecule has 0 rings (SSSR count). The molecule has 0 fully saturated rings. The summed E-state index contributed by atoms with van der Waals surface area (Å²) < 4.78 is 0. The zero-order chi connectivity index (χ0) is 4.83. The van der Waals surface area contributed by atoms with Gasteiger partial charge in [-0.15, -0.1) is 5.11 Å². The van der Waals surface area contributed by atoms with Gasteiger partial charge in [0.2, 0.25) is 0 Å². The van der Waals surface area contributed by atoms with Crippen LogP contribution in [0, 0.1) is 5.53 Å². The zero-order valence-corrected chi connectivity index (χ0v) is 3.47. The fourth-order valence-corrected chi connectivity index (χ4v) is 0.0866. The van der Waals surface area contributed by atoms with E-state index in [0.717, 1.165) is 6.34 Å². The molecule has 0 aliphatic heterocycles. The molecule has 0 amide bonds. The topological polar surface area (TPSA) is 60.6 Å². The smallest absolute Gasteiger partial charge is 0.157 e. The second-order valence-electron chi connectivity index (χ2n) is 0.597. The third-order valence-corrected chi connectivity index (χ3v) is 0.245. The molecule has 0 aromatic rings. The Bertz CT molecular complexity index is 56.6. The first kappa shape index (κ1) is 5.07. The minimum Gasteiger partial charge on any atom is -0.312 e. The average molecular weight is 86.1 g/mol. The van der Waals surface area contributed by atoms with Gasteiger partial charge in [0.15, 0.2) is 6.34 Å². The predicted octanol–water partition coefficient (Wildman–Crippen LogP) is 0.180. The Labute approximate surface area is 35.8 Å². The van der Waals surface area contributed by atoms with Gasteiger partial charge in [0, 0.05) is 7.05 Å². The van der Waals surface area contributed by atoms with E-state index in [9.17, 15) is 0 Å². The minimum atomic E-state index is 1.11. The molecule has 0 aromatic carbocycles. The van der Waals surface area contributed by atoms with E-state index < -0.39 is 0 Å². The number of rotatable bonds is 2. The van der Waals surface area contributed by atoms with Gasteiger partial charge in [0.1, 0.15) is 0 Å². The second kappa shape index (κ2) is 4.07. The maximum atomic E-state index is 6.14. The average Bonchev–Trinajstić information content (AvgIpc) is 1.61. The van der Waals surface area contributed by atoms with Gasteiger partial charge in [0.05, 0.1) is 0 Å². The summed E-state index contributed by atoms with van der Waals surface area (Å²) in [6.45, 7) is 0. The molecule has 2 N–H and O–H groups in total. The molecule has 4 heteroatoms. The van der Waals surface area contributed by atoms with E-state index in [1.54, 1.807) is 7.05 Å². The monoisotopic (exact) mass is 86.1 g/mol. The Morgan fingerprint density at radius 3 is 2.67 bits per heavy atom. The van der Waals surface area contributed by atoms with Crippen LogP contribution < -0.4 is 5.43 Å². The highest BCUT2D eigenvalue weighted by Crippen LogP contribution is 1.50. The van der Waals surface area contributed by atoms with Crippen LogP contribution in [0.2, 0.25) is 0 Å². The first-order chi connectivity index (χ1) is 2.91. The van der Waals surface area contributed by atoms with E-state index >= 15 is 0 Å².